The maximum absolute atomic E-state index is 11.7. The van der Waals surface area contributed by atoms with Crippen LogP contribution in [0.2, 0.25) is 0 Å². The molecule has 4 nitrogen and oxygen atoms in total. The molecule has 0 bridgehead atoms. The summed E-state index contributed by atoms with van der Waals surface area (Å²) >= 11 is 0. The molecule has 0 spiro atoms. The molecule has 4 heteroatoms. The van der Waals surface area contributed by atoms with Gasteiger partial charge < -0.3 is 9.64 Å². The molecule has 0 unspecified atom stereocenters. The Hall–Kier alpha value is -1.42. The zero-order valence-corrected chi connectivity index (χ0v) is 9.85. The number of amides is 1. The van der Waals surface area contributed by atoms with E-state index < -0.39 is 0 Å². The van der Waals surface area contributed by atoms with Crippen molar-refractivity contribution in [1.82, 2.24) is 9.88 Å². The van der Waals surface area contributed by atoms with Gasteiger partial charge in [0.05, 0.1) is 18.8 Å². The summed E-state index contributed by atoms with van der Waals surface area (Å²) < 4.78 is 4.99. The molecule has 0 fully saturated rings. The van der Waals surface area contributed by atoms with E-state index in [1.807, 2.05) is 25.1 Å². The van der Waals surface area contributed by atoms with Gasteiger partial charge in [0, 0.05) is 26.3 Å². The molecule has 0 saturated carbocycles. The molecular weight excluding hydrogens is 204 g/mol. The van der Waals surface area contributed by atoms with E-state index >= 15 is 0 Å². The van der Waals surface area contributed by atoms with Crippen molar-refractivity contribution in [3.05, 3.63) is 30.1 Å². The summed E-state index contributed by atoms with van der Waals surface area (Å²) in [4.78, 5) is 17.6. The maximum atomic E-state index is 11.7. The molecule has 0 saturated heterocycles. The highest BCUT2D eigenvalue weighted by Crippen LogP contribution is 2.03. The van der Waals surface area contributed by atoms with Gasteiger partial charge in [-0.3, -0.25) is 9.78 Å². The van der Waals surface area contributed by atoms with Gasteiger partial charge in [0.2, 0.25) is 5.91 Å². The number of ether oxygens (including phenoxy) is 1. The second kappa shape index (κ2) is 6.95. The number of rotatable bonds is 6. The molecule has 1 heterocycles. The average molecular weight is 222 g/mol. The van der Waals surface area contributed by atoms with Crippen LogP contribution in [-0.4, -0.2) is 36.1 Å². The first-order valence-electron chi connectivity index (χ1n) is 5.44. The van der Waals surface area contributed by atoms with Gasteiger partial charge in [-0.25, -0.2) is 0 Å². The summed E-state index contributed by atoms with van der Waals surface area (Å²) in [5.41, 5.74) is 0.903. The largest absolute Gasteiger partial charge is 0.383 e. The second-order valence-electron chi connectivity index (χ2n) is 3.48. The van der Waals surface area contributed by atoms with Crippen LogP contribution in [0.15, 0.2) is 24.4 Å². The van der Waals surface area contributed by atoms with E-state index in [9.17, 15) is 4.79 Å². The van der Waals surface area contributed by atoms with Gasteiger partial charge >= 0.3 is 0 Å². The number of hydrogen-bond acceptors (Lipinski definition) is 3. The fraction of sp³-hybridized carbons (Fsp3) is 0.500. The lowest BCUT2D eigenvalue weighted by atomic mass is 10.3. The Labute approximate surface area is 96.2 Å². The summed E-state index contributed by atoms with van der Waals surface area (Å²) in [7, 11) is 1.63. The van der Waals surface area contributed by atoms with Crippen LogP contribution in [0.4, 0.5) is 0 Å². The molecule has 1 aromatic heterocycles. The van der Waals surface area contributed by atoms with E-state index in [2.05, 4.69) is 4.98 Å². The lowest BCUT2D eigenvalue weighted by Gasteiger charge is -2.21. The van der Waals surface area contributed by atoms with Gasteiger partial charge in [-0.1, -0.05) is 13.0 Å². The maximum Gasteiger partial charge on any atom is 0.222 e. The van der Waals surface area contributed by atoms with Crippen molar-refractivity contribution in [3.8, 4) is 0 Å². The first kappa shape index (κ1) is 12.6. The van der Waals surface area contributed by atoms with Gasteiger partial charge in [0.1, 0.15) is 0 Å². The molecular formula is C12H18N2O2. The molecule has 1 rings (SSSR count). The number of methoxy groups -OCH3 is 1. The summed E-state index contributed by atoms with van der Waals surface area (Å²) in [6.07, 6.45) is 2.25. The van der Waals surface area contributed by atoms with Gasteiger partial charge in [-0.15, -0.1) is 0 Å². The monoisotopic (exact) mass is 222 g/mol. The molecule has 0 radical (unpaired) electrons. The van der Waals surface area contributed by atoms with Gasteiger partial charge in [-0.2, -0.15) is 0 Å². The minimum Gasteiger partial charge on any atom is -0.383 e. The van der Waals surface area contributed by atoms with Crippen molar-refractivity contribution in [1.29, 1.82) is 0 Å². The third-order valence-corrected chi connectivity index (χ3v) is 2.30. The smallest absolute Gasteiger partial charge is 0.222 e. The lowest BCUT2D eigenvalue weighted by molar-refractivity contribution is -0.132. The van der Waals surface area contributed by atoms with Crippen molar-refractivity contribution in [2.24, 2.45) is 0 Å². The number of carbonyl (C=O) groups is 1. The average Bonchev–Trinajstić information content (AvgIpc) is 2.34. The van der Waals surface area contributed by atoms with Crippen molar-refractivity contribution in [2.75, 3.05) is 20.3 Å². The highest BCUT2D eigenvalue weighted by Gasteiger charge is 2.11. The zero-order valence-electron chi connectivity index (χ0n) is 9.85. The third-order valence-electron chi connectivity index (χ3n) is 2.30. The van der Waals surface area contributed by atoms with E-state index in [0.717, 1.165) is 5.69 Å². The van der Waals surface area contributed by atoms with Crippen LogP contribution in [0.25, 0.3) is 0 Å². The minimum absolute atomic E-state index is 0.128. The van der Waals surface area contributed by atoms with Crippen molar-refractivity contribution < 1.29 is 9.53 Å². The van der Waals surface area contributed by atoms with Crippen LogP contribution >= 0.6 is 0 Å². The molecule has 0 aliphatic heterocycles. The highest BCUT2D eigenvalue weighted by atomic mass is 16.5. The molecule has 0 aromatic carbocycles. The molecule has 1 aromatic rings. The SMILES string of the molecule is CCC(=O)N(CCOC)Cc1ccccn1. The second-order valence-corrected chi connectivity index (χ2v) is 3.48. The number of carbonyl (C=O) groups excluding carboxylic acids is 1. The topological polar surface area (TPSA) is 42.4 Å². The number of hydrogen-bond donors (Lipinski definition) is 0. The minimum atomic E-state index is 0.128. The van der Waals surface area contributed by atoms with Crippen LogP contribution in [0, 0.1) is 0 Å². The van der Waals surface area contributed by atoms with Crippen LogP contribution in [0.1, 0.15) is 19.0 Å². The van der Waals surface area contributed by atoms with Crippen LogP contribution < -0.4 is 0 Å². The van der Waals surface area contributed by atoms with E-state index in [1.54, 1.807) is 18.2 Å². The summed E-state index contributed by atoms with van der Waals surface area (Å²) in [5, 5.41) is 0. The number of pyridine rings is 1. The molecule has 0 aliphatic carbocycles. The van der Waals surface area contributed by atoms with E-state index in [4.69, 9.17) is 4.74 Å². The molecule has 0 aliphatic rings. The summed E-state index contributed by atoms with van der Waals surface area (Å²) in [6, 6.07) is 5.71. The fourth-order valence-electron chi connectivity index (χ4n) is 1.40. The summed E-state index contributed by atoms with van der Waals surface area (Å²) in [5.74, 6) is 0.128. The zero-order chi connectivity index (χ0) is 11.8. The van der Waals surface area contributed by atoms with Gasteiger partial charge in [0.15, 0.2) is 0 Å². The lowest BCUT2D eigenvalue weighted by Crippen LogP contribution is -2.33. The Morgan fingerprint density at radius 1 is 1.50 bits per heavy atom. The predicted octanol–water partition coefficient (Wildman–Crippen LogP) is 1.47. The van der Waals surface area contributed by atoms with Crippen molar-refractivity contribution in [2.45, 2.75) is 19.9 Å². The predicted molar refractivity (Wildman–Crippen MR) is 61.8 cm³/mol. The van der Waals surface area contributed by atoms with E-state index in [1.165, 1.54) is 0 Å². The Morgan fingerprint density at radius 3 is 2.88 bits per heavy atom. The van der Waals surface area contributed by atoms with Crippen LogP contribution in [0.3, 0.4) is 0 Å². The third kappa shape index (κ3) is 3.98. The molecule has 0 N–H and O–H groups in total. The highest BCUT2D eigenvalue weighted by molar-refractivity contribution is 5.75. The molecule has 1 amide bonds. The van der Waals surface area contributed by atoms with Gasteiger partial charge in [-0.05, 0) is 12.1 Å². The Bertz CT molecular complexity index is 314. The number of aromatic nitrogens is 1. The normalized spacial score (nSPS) is 10.1. The standard InChI is InChI=1S/C12H18N2O2/c1-3-12(15)14(8-9-16-2)10-11-6-4-5-7-13-11/h4-7H,3,8-10H2,1-2H3. The quantitative estimate of drug-likeness (QED) is 0.732. The molecule has 88 valence electrons. The molecule has 16 heavy (non-hydrogen) atoms. The summed E-state index contributed by atoms with van der Waals surface area (Å²) in [6.45, 7) is 3.58. The number of nitrogens with zero attached hydrogens (tertiary/aromatic N) is 2. The van der Waals surface area contributed by atoms with E-state index in [0.29, 0.717) is 26.1 Å². The van der Waals surface area contributed by atoms with Gasteiger partial charge in [0.25, 0.3) is 0 Å². The first-order chi connectivity index (χ1) is 7.77. The first-order valence-corrected chi connectivity index (χ1v) is 5.44. The van der Waals surface area contributed by atoms with Crippen molar-refractivity contribution >= 4 is 5.91 Å². The fourth-order valence-corrected chi connectivity index (χ4v) is 1.40. The Balaban J connectivity index is 2.59. The molecule has 0 atom stereocenters. The van der Waals surface area contributed by atoms with Crippen molar-refractivity contribution in [3.63, 3.8) is 0 Å². The Kier molecular flexibility index (Phi) is 5.50. The van der Waals surface area contributed by atoms with Crippen LogP contribution in [-0.2, 0) is 16.1 Å². The van der Waals surface area contributed by atoms with E-state index in [-0.39, 0.29) is 5.91 Å². The Morgan fingerprint density at radius 2 is 2.31 bits per heavy atom. The van der Waals surface area contributed by atoms with Crippen LogP contribution in [0.5, 0.6) is 0 Å².